The standard InChI is InChI=1S/C49H33N5/c1-3-15-32(16-4-1)47-51-48(53-49(52-47)40-24-13-17-31-14-7-8-20-36(31)40)34-26-33(29-50-30-34)46-39-23-10-9-21-37(39)41-27-42-38-22-11-12-25-44(38)54(45(42)28-43(41)46)35-18-5-2-6-19-35/h1-30,46,49H,(H,51,52,53). The third-order valence-electron chi connectivity index (χ3n) is 11.0. The summed E-state index contributed by atoms with van der Waals surface area (Å²) in [5.74, 6) is 1.44. The number of pyridine rings is 1. The summed E-state index contributed by atoms with van der Waals surface area (Å²) in [5.41, 5.74) is 12.7. The van der Waals surface area contributed by atoms with Crippen molar-refractivity contribution >= 4 is 44.2 Å². The van der Waals surface area contributed by atoms with Gasteiger partial charge in [0.25, 0.3) is 0 Å². The zero-order chi connectivity index (χ0) is 35.6. The lowest BCUT2D eigenvalue weighted by atomic mass is 9.89. The molecule has 0 saturated heterocycles. The number of amidine groups is 2. The van der Waals surface area contributed by atoms with Gasteiger partial charge in [0.2, 0.25) is 0 Å². The minimum absolute atomic E-state index is 0.0101. The first kappa shape index (κ1) is 30.5. The number of nitrogens with one attached hydrogen (secondary N) is 1. The van der Waals surface area contributed by atoms with Crippen LogP contribution in [-0.4, -0.2) is 21.2 Å². The molecule has 0 radical (unpaired) electrons. The van der Waals surface area contributed by atoms with Crippen molar-refractivity contribution in [2.45, 2.75) is 12.1 Å². The van der Waals surface area contributed by atoms with Gasteiger partial charge in [0, 0.05) is 51.5 Å². The normalized spacial score (nSPS) is 16.1. The second kappa shape index (κ2) is 12.2. The third-order valence-corrected chi connectivity index (χ3v) is 11.0. The molecule has 2 aromatic heterocycles. The summed E-state index contributed by atoms with van der Waals surface area (Å²) in [6.45, 7) is 0. The van der Waals surface area contributed by atoms with Crippen LogP contribution in [0, 0.1) is 0 Å². The molecule has 2 atom stereocenters. The minimum atomic E-state index is -0.330. The lowest BCUT2D eigenvalue weighted by molar-refractivity contribution is 0.679. The molecule has 2 aliphatic rings. The Hall–Kier alpha value is -7.11. The van der Waals surface area contributed by atoms with Crippen LogP contribution < -0.4 is 5.32 Å². The van der Waals surface area contributed by atoms with Gasteiger partial charge in [-0.3, -0.25) is 4.98 Å². The van der Waals surface area contributed by atoms with Gasteiger partial charge in [0.1, 0.15) is 12.0 Å². The van der Waals surface area contributed by atoms with Gasteiger partial charge in [0.05, 0.1) is 11.0 Å². The zero-order valence-corrected chi connectivity index (χ0v) is 29.3. The number of aliphatic imine (C=N–C) groups is 2. The van der Waals surface area contributed by atoms with Gasteiger partial charge in [-0.1, -0.05) is 133 Å². The maximum atomic E-state index is 5.29. The van der Waals surface area contributed by atoms with Crippen molar-refractivity contribution < 1.29 is 0 Å². The van der Waals surface area contributed by atoms with Gasteiger partial charge in [-0.05, 0) is 75.0 Å². The Morgan fingerprint density at radius 1 is 0.500 bits per heavy atom. The SMILES string of the molecule is c1ccc(C2=NC(c3cncc(C4c5ccccc5-c5cc6c7ccccc7n(-c7ccccc7)c6cc54)c3)=NC(c3cccc4ccccc34)N2)cc1. The van der Waals surface area contributed by atoms with Crippen LogP contribution in [0.3, 0.4) is 0 Å². The molecule has 0 fully saturated rings. The van der Waals surface area contributed by atoms with Gasteiger partial charge in [0.15, 0.2) is 5.84 Å². The maximum Gasteiger partial charge on any atom is 0.160 e. The van der Waals surface area contributed by atoms with E-state index >= 15 is 0 Å². The maximum absolute atomic E-state index is 5.29. The lowest BCUT2D eigenvalue weighted by Crippen LogP contribution is -2.33. The van der Waals surface area contributed by atoms with E-state index in [1.807, 2.05) is 30.6 Å². The summed E-state index contributed by atoms with van der Waals surface area (Å²) >= 11 is 0. The molecule has 1 aliphatic carbocycles. The summed E-state index contributed by atoms with van der Waals surface area (Å²) in [5, 5.41) is 8.51. The fourth-order valence-corrected chi connectivity index (χ4v) is 8.59. The van der Waals surface area contributed by atoms with Crippen molar-refractivity contribution in [3.05, 3.63) is 216 Å². The van der Waals surface area contributed by atoms with Crippen LogP contribution in [0.5, 0.6) is 0 Å². The van der Waals surface area contributed by atoms with Crippen molar-refractivity contribution in [1.29, 1.82) is 0 Å². The number of aromatic nitrogens is 2. The van der Waals surface area contributed by atoms with Crippen LogP contribution in [0.1, 0.15) is 45.5 Å². The highest BCUT2D eigenvalue weighted by Gasteiger charge is 2.32. The molecule has 0 saturated carbocycles. The second-order valence-corrected chi connectivity index (χ2v) is 14.1. The van der Waals surface area contributed by atoms with Gasteiger partial charge in [-0.15, -0.1) is 0 Å². The molecule has 0 bridgehead atoms. The predicted octanol–water partition coefficient (Wildman–Crippen LogP) is 11.0. The summed E-state index contributed by atoms with van der Waals surface area (Å²) in [6, 6.07) is 60.5. The van der Waals surface area contributed by atoms with E-state index in [0.29, 0.717) is 5.84 Å². The van der Waals surface area contributed by atoms with E-state index in [1.165, 1.54) is 54.8 Å². The van der Waals surface area contributed by atoms with E-state index in [9.17, 15) is 0 Å². The Bertz CT molecular complexity index is 2970. The molecule has 0 spiro atoms. The van der Waals surface area contributed by atoms with E-state index in [-0.39, 0.29) is 12.1 Å². The van der Waals surface area contributed by atoms with Crippen LogP contribution in [0.2, 0.25) is 0 Å². The zero-order valence-electron chi connectivity index (χ0n) is 29.3. The van der Waals surface area contributed by atoms with E-state index < -0.39 is 0 Å². The van der Waals surface area contributed by atoms with Crippen molar-refractivity contribution in [3.8, 4) is 16.8 Å². The van der Waals surface area contributed by atoms with Gasteiger partial charge in [-0.25, -0.2) is 9.98 Å². The predicted molar refractivity (Wildman–Crippen MR) is 221 cm³/mol. The molecule has 0 amide bonds. The Balaban J connectivity index is 1.09. The number of rotatable bonds is 5. The highest BCUT2D eigenvalue weighted by Crippen LogP contribution is 2.50. The van der Waals surface area contributed by atoms with Gasteiger partial charge < -0.3 is 9.88 Å². The smallest absolute Gasteiger partial charge is 0.160 e. The van der Waals surface area contributed by atoms with E-state index in [4.69, 9.17) is 15.0 Å². The Morgan fingerprint density at radius 2 is 1.22 bits per heavy atom. The fraction of sp³-hybridized carbons (Fsp3) is 0.0408. The largest absolute Gasteiger partial charge is 0.344 e. The number of hydrogen-bond donors (Lipinski definition) is 1. The molecule has 7 aromatic carbocycles. The summed E-state index contributed by atoms with van der Waals surface area (Å²) in [4.78, 5) is 15.3. The molecular weight excluding hydrogens is 659 g/mol. The van der Waals surface area contributed by atoms with Crippen molar-refractivity contribution in [1.82, 2.24) is 14.9 Å². The average molecular weight is 692 g/mol. The molecule has 54 heavy (non-hydrogen) atoms. The summed E-state index contributed by atoms with van der Waals surface area (Å²) in [7, 11) is 0. The van der Waals surface area contributed by atoms with E-state index in [1.54, 1.807) is 0 Å². The molecule has 1 aliphatic heterocycles. The van der Waals surface area contributed by atoms with Crippen LogP contribution in [0.15, 0.2) is 192 Å². The molecule has 5 heteroatoms. The van der Waals surface area contributed by atoms with Crippen molar-refractivity contribution in [2.24, 2.45) is 9.98 Å². The highest BCUT2D eigenvalue weighted by molar-refractivity contribution is 6.14. The van der Waals surface area contributed by atoms with Crippen LogP contribution in [0.25, 0.3) is 49.4 Å². The fourth-order valence-electron chi connectivity index (χ4n) is 8.59. The Morgan fingerprint density at radius 3 is 2.11 bits per heavy atom. The van der Waals surface area contributed by atoms with E-state index in [2.05, 4.69) is 162 Å². The Kier molecular flexibility index (Phi) is 6.92. The van der Waals surface area contributed by atoms with Gasteiger partial charge >= 0.3 is 0 Å². The number of hydrogen-bond acceptors (Lipinski definition) is 4. The average Bonchev–Trinajstić information content (AvgIpc) is 3.75. The molecular formula is C49H33N5. The number of nitrogens with zero attached hydrogens (tertiary/aromatic N) is 4. The number of benzene rings is 7. The van der Waals surface area contributed by atoms with Crippen LogP contribution >= 0.6 is 0 Å². The van der Waals surface area contributed by atoms with Crippen LogP contribution in [-0.2, 0) is 0 Å². The van der Waals surface area contributed by atoms with Crippen LogP contribution in [0.4, 0.5) is 0 Å². The minimum Gasteiger partial charge on any atom is -0.344 e. The quantitative estimate of drug-likeness (QED) is 0.195. The second-order valence-electron chi connectivity index (χ2n) is 14.1. The number of para-hydroxylation sites is 2. The Labute approximate surface area is 312 Å². The van der Waals surface area contributed by atoms with Gasteiger partial charge in [-0.2, -0.15) is 0 Å². The topological polar surface area (TPSA) is 54.6 Å². The molecule has 1 N–H and O–H groups in total. The molecule has 11 rings (SSSR count). The number of fused-ring (bicyclic) bond motifs is 7. The first-order valence-corrected chi connectivity index (χ1v) is 18.4. The first-order chi connectivity index (χ1) is 26.8. The summed E-state index contributed by atoms with van der Waals surface area (Å²) in [6.07, 6.45) is 3.59. The van der Waals surface area contributed by atoms with Crippen molar-refractivity contribution in [2.75, 3.05) is 0 Å². The highest BCUT2D eigenvalue weighted by atomic mass is 15.2. The van der Waals surface area contributed by atoms with E-state index in [0.717, 1.165) is 33.8 Å². The molecule has 254 valence electrons. The molecule has 3 heterocycles. The first-order valence-electron chi connectivity index (χ1n) is 18.4. The van der Waals surface area contributed by atoms with Crippen molar-refractivity contribution in [3.63, 3.8) is 0 Å². The molecule has 9 aromatic rings. The lowest BCUT2D eigenvalue weighted by Gasteiger charge is -2.25. The molecule has 2 unspecified atom stereocenters. The monoisotopic (exact) mass is 691 g/mol. The summed E-state index contributed by atoms with van der Waals surface area (Å²) < 4.78 is 2.40. The molecule has 5 nitrogen and oxygen atoms in total. The third kappa shape index (κ3) is 4.82.